The van der Waals surface area contributed by atoms with Crippen molar-refractivity contribution >= 4 is 16.0 Å². The third-order valence-electron chi connectivity index (χ3n) is 4.68. The molecule has 0 aromatic heterocycles. The van der Waals surface area contributed by atoms with Gasteiger partial charge in [-0.2, -0.15) is 0 Å². The molecule has 0 aliphatic heterocycles. The Bertz CT molecular complexity index is 1170. The molecule has 31 heavy (non-hydrogen) atoms. The van der Waals surface area contributed by atoms with Crippen LogP contribution in [-0.2, 0) is 22.9 Å². The maximum Gasteiger partial charge on any atom is 0.336 e. The van der Waals surface area contributed by atoms with Crippen LogP contribution in [0.1, 0.15) is 29.8 Å². The molecule has 0 saturated heterocycles. The van der Waals surface area contributed by atoms with Crippen LogP contribution >= 0.6 is 0 Å². The van der Waals surface area contributed by atoms with E-state index in [1.165, 1.54) is 42.5 Å². The Labute approximate surface area is 181 Å². The summed E-state index contributed by atoms with van der Waals surface area (Å²) in [7, 11) is -3.83. The maximum absolute atomic E-state index is 12.9. The SMILES string of the molecule is CCc1ccc(S(=O)(=O)NCCc2ccc(Oc3ccc(F)cc3)cc2)cc1C(=O)O.[HH]. The van der Waals surface area contributed by atoms with Gasteiger partial charge in [-0.25, -0.2) is 22.3 Å². The Morgan fingerprint density at radius 2 is 1.65 bits per heavy atom. The fourth-order valence-electron chi connectivity index (χ4n) is 3.01. The summed E-state index contributed by atoms with van der Waals surface area (Å²) in [4.78, 5) is 11.3. The van der Waals surface area contributed by atoms with Gasteiger partial charge < -0.3 is 9.84 Å². The molecule has 164 valence electrons. The summed E-state index contributed by atoms with van der Waals surface area (Å²) in [5.74, 6) is -0.410. The quantitative estimate of drug-likeness (QED) is 0.500. The molecule has 2 N–H and O–H groups in total. The number of nitrogens with one attached hydrogen (secondary N) is 1. The lowest BCUT2D eigenvalue weighted by Crippen LogP contribution is -2.26. The lowest BCUT2D eigenvalue weighted by atomic mass is 10.1. The van der Waals surface area contributed by atoms with Crippen LogP contribution in [0.3, 0.4) is 0 Å². The highest BCUT2D eigenvalue weighted by atomic mass is 32.2. The maximum atomic E-state index is 12.9. The van der Waals surface area contributed by atoms with E-state index in [1.54, 1.807) is 12.1 Å². The highest BCUT2D eigenvalue weighted by Crippen LogP contribution is 2.22. The number of hydrogen-bond acceptors (Lipinski definition) is 4. The first-order valence-corrected chi connectivity index (χ1v) is 11.1. The number of ether oxygens (including phenoxy) is 1. The molecule has 0 fully saturated rings. The second-order valence-electron chi connectivity index (χ2n) is 6.83. The number of carbonyl (C=O) groups is 1. The average Bonchev–Trinajstić information content (AvgIpc) is 2.76. The molecule has 0 aliphatic rings. The second kappa shape index (κ2) is 9.72. The van der Waals surface area contributed by atoms with E-state index in [4.69, 9.17) is 4.74 Å². The van der Waals surface area contributed by atoms with E-state index in [2.05, 4.69) is 4.72 Å². The Balaban J connectivity index is 0.00000363. The molecule has 0 spiro atoms. The van der Waals surface area contributed by atoms with Gasteiger partial charge in [-0.15, -0.1) is 0 Å². The Kier molecular flexibility index (Phi) is 7.04. The number of carboxylic acids is 1. The van der Waals surface area contributed by atoms with Gasteiger partial charge in [-0.05, 0) is 72.5 Å². The minimum atomic E-state index is -3.83. The third-order valence-corrected chi connectivity index (χ3v) is 6.14. The first-order valence-electron chi connectivity index (χ1n) is 9.67. The molecule has 0 heterocycles. The normalized spacial score (nSPS) is 11.3. The lowest BCUT2D eigenvalue weighted by molar-refractivity contribution is 0.0695. The van der Waals surface area contributed by atoms with Crippen molar-refractivity contribution in [3.8, 4) is 11.5 Å². The molecule has 0 radical (unpaired) electrons. The van der Waals surface area contributed by atoms with Crippen molar-refractivity contribution < 1.29 is 28.9 Å². The van der Waals surface area contributed by atoms with Crippen LogP contribution in [0, 0.1) is 5.82 Å². The van der Waals surface area contributed by atoms with Gasteiger partial charge in [0.15, 0.2) is 0 Å². The summed E-state index contributed by atoms with van der Waals surface area (Å²) in [6, 6.07) is 16.9. The number of sulfonamides is 1. The average molecular weight is 446 g/mol. The number of rotatable bonds is 9. The molecule has 0 saturated carbocycles. The zero-order valence-electron chi connectivity index (χ0n) is 16.8. The number of hydrogen-bond donors (Lipinski definition) is 2. The van der Waals surface area contributed by atoms with Crippen molar-refractivity contribution in [2.45, 2.75) is 24.7 Å². The van der Waals surface area contributed by atoms with Gasteiger partial charge in [0.05, 0.1) is 10.5 Å². The fourth-order valence-corrected chi connectivity index (χ4v) is 4.06. The van der Waals surface area contributed by atoms with Crippen molar-refractivity contribution in [1.82, 2.24) is 4.72 Å². The minimum absolute atomic E-state index is 0. The van der Waals surface area contributed by atoms with Gasteiger partial charge in [0.1, 0.15) is 17.3 Å². The Hall–Kier alpha value is -3.23. The molecular formula is C23H24FNO5S. The molecule has 0 bridgehead atoms. The van der Waals surface area contributed by atoms with Gasteiger partial charge in [-0.3, -0.25) is 0 Å². The Morgan fingerprint density at radius 3 is 2.23 bits per heavy atom. The molecular weight excluding hydrogens is 421 g/mol. The van der Waals surface area contributed by atoms with E-state index in [1.807, 2.05) is 19.1 Å². The molecule has 3 rings (SSSR count). The van der Waals surface area contributed by atoms with Gasteiger partial charge in [0, 0.05) is 7.97 Å². The molecule has 0 unspecified atom stereocenters. The summed E-state index contributed by atoms with van der Waals surface area (Å²) in [5, 5.41) is 9.30. The van der Waals surface area contributed by atoms with Crippen LogP contribution in [0.4, 0.5) is 4.39 Å². The van der Waals surface area contributed by atoms with E-state index >= 15 is 0 Å². The molecule has 6 nitrogen and oxygen atoms in total. The molecule has 0 atom stereocenters. The summed E-state index contributed by atoms with van der Waals surface area (Å²) >= 11 is 0. The van der Waals surface area contributed by atoms with Crippen molar-refractivity contribution in [1.29, 1.82) is 0 Å². The highest BCUT2D eigenvalue weighted by Gasteiger charge is 2.18. The summed E-state index contributed by atoms with van der Waals surface area (Å²) in [6.07, 6.45) is 0.936. The topological polar surface area (TPSA) is 92.7 Å². The number of aromatic carboxylic acids is 1. The van der Waals surface area contributed by atoms with Crippen molar-refractivity contribution in [2.75, 3.05) is 6.54 Å². The van der Waals surface area contributed by atoms with Crippen molar-refractivity contribution in [2.24, 2.45) is 0 Å². The van der Waals surface area contributed by atoms with E-state index in [-0.39, 0.29) is 24.2 Å². The molecule has 0 amide bonds. The number of benzene rings is 3. The van der Waals surface area contributed by atoms with Crippen molar-refractivity contribution in [3.05, 3.63) is 89.2 Å². The molecule has 0 aliphatic carbocycles. The van der Waals surface area contributed by atoms with E-state index in [0.29, 0.717) is 29.9 Å². The smallest absolute Gasteiger partial charge is 0.336 e. The van der Waals surface area contributed by atoms with Crippen molar-refractivity contribution in [3.63, 3.8) is 0 Å². The summed E-state index contributed by atoms with van der Waals surface area (Å²) in [5.41, 5.74) is 1.46. The minimum Gasteiger partial charge on any atom is -0.478 e. The van der Waals surface area contributed by atoms with E-state index < -0.39 is 16.0 Å². The predicted octanol–water partition coefficient (Wildman–Crippen LogP) is 4.65. The lowest BCUT2D eigenvalue weighted by Gasteiger charge is -2.10. The van der Waals surface area contributed by atoms with E-state index in [9.17, 15) is 22.7 Å². The summed E-state index contributed by atoms with van der Waals surface area (Å²) in [6.45, 7) is 1.96. The highest BCUT2D eigenvalue weighted by molar-refractivity contribution is 7.89. The van der Waals surface area contributed by atoms with Crippen LogP contribution in [-0.4, -0.2) is 26.0 Å². The number of aryl methyl sites for hydroxylation is 1. The first kappa shape index (κ1) is 22.5. The van der Waals surface area contributed by atoms with Crippen LogP contribution in [0.25, 0.3) is 0 Å². The monoisotopic (exact) mass is 445 g/mol. The first-order chi connectivity index (χ1) is 14.8. The van der Waals surface area contributed by atoms with Crippen LogP contribution in [0.5, 0.6) is 11.5 Å². The summed E-state index contributed by atoms with van der Waals surface area (Å²) < 4.78 is 46.1. The zero-order chi connectivity index (χ0) is 22.4. The molecule has 3 aromatic rings. The largest absolute Gasteiger partial charge is 0.478 e. The van der Waals surface area contributed by atoms with Gasteiger partial charge in [-0.1, -0.05) is 25.1 Å². The number of carboxylic acid groups (broad SMARTS) is 1. The van der Waals surface area contributed by atoms with Gasteiger partial charge in [0.25, 0.3) is 0 Å². The number of halogens is 1. The predicted molar refractivity (Wildman–Crippen MR) is 117 cm³/mol. The fraction of sp³-hybridized carbons (Fsp3) is 0.174. The van der Waals surface area contributed by atoms with Crippen LogP contribution in [0.15, 0.2) is 71.6 Å². The zero-order valence-corrected chi connectivity index (χ0v) is 17.7. The second-order valence-corrected chi connectivity index (χ2v) is 8.59. The van der Waals surface area contributed by atoms with Crippen LogP contribution < -0.4 is 9.46 Å². The van der Waals surface area contributed by atoms with Crippen LogP contribution in [0.2, 0.25) is 0 Å². The standard InChI is InChI=1S/C23H22FNO5S.H2/c1-2-17-5-12-21(15-22(17)23(26)27)31(28,29)25-14-13-16-3-8-19(9-4-16)30-20-10-6-18(24)7-11-20;/h3-12,15,25H,2,13-14H2,1H3,(H,26,27);1H. The third kappa shape index (κ3) is 5.90. The molecule has 8 heteroatoms. The van der Waals surface area contributed by atoms with Gasteiger partial charge in [0.2, 0.25) is 10.0 Å². The Morgan fingerprint density at radius 1 is 1.03 bits per heavy atom. The van der Waals surface area contributed by atoms with E-state index in [0.717, 1.165) is 5.56 Å². The molecule has 3 aromatic carbocycles. The van der Waals surface area contributed by atoms with Gasteiger partial charge >= 0.3 is 5.97 Å².